The van der Waals surface area contributed by atoms with Gasteiger partial charge in [0.2, 0.25) is 0 Å². The zero-order valence-corrected chi connectivity index (χ0v) is 7.68. The van der Waals surface area contributed by atoms with Crippen LogP contribution in [0.3, 0.4) is 0 Å². The lowest BCUT2D eigenvalue weighted by atomic mass is 10.1. The molecule has 0 saturated carbocycles. The van der Waals surface area contributed by atoms with Gasteiger partial charge in [-0.25, -0.2) is 0 Å². The topological polar surface area (TPSA) is 20.2 Å². The monoisotopic (exact) mass is 157 g/mol. The van der Waals surface area contributed by atoms with Crippen molar-refractivity contribution in [3.05, 3.63) is 6.42 Å². The number of unbranched alkanes of at least 4 members (excludes halogenated alkanes) is 7. The van der Waals surface area contributed by atoms with Crippen molar-refractivity contribution in [1.82, 2.24) is 0 Å². The molecular formula is C10H21O. The van der Waals surface area contributed by atoms with Crippen LogP contribution >= 0.6 is 0 Å². The summed E-state index contributed by atoms with van der Waals surface area (Å²) in [6.45, 7) is 2.58. The molecule has 11 heavy (non-hydrogen) atoms. The fourth-order valence-electron chi connectivity index (χ4n) is 1.07. The summed E-state index contributed by atoms with van der Waals surface area (Å²) in [5.41, 5.74) is 0. The standard InChI is InChI=1S/C10H21O/c1-2-3-4-5-6-7-8-9-10-11/h5,11H,2-4,6-10H2,1H3. The van der Waals surface area contributed by atoms with Crippen molar-refractivity contribution in [3.8, 4) is 0 Å². The van der Waals surface area contributed by atoms with E-state index >= 15 is 0 Å². The fraction of sp³-hybridized carbons (Fsp3) is 0.900. The Morgan fingerprint density at radius 2 is 1.73 bits per heavy atom. The molecule has 0 saturated heterocycles. The van der Waals surface area contributed by atoms with E-state index in [1.807, 2.05) is 0 Å². The average Bonchev–Trinajstić information content (AvgIpc) is 2.03. The molecule has 0 heterocycles. The van der Waals surface area contributed by atoms with Gasteiger partial charge in [-0.3, -0.25) is 0 Å². The van der Waals surface area contributed by atoms with E-state index in [0.29, 0.717) is 6.61 Å². The summed E-state index contributed by atoms with van der Waals surface area (Å²) in [4.78, 5) is 0. The Morgan fingerprint density at radius 3 is 2.36 bits per heavy atom. The first-order valence-electron chi connectivity index (χ1n) is 4.84. The SMILES string of the molecule is CCCC[CH]CCCCCO. The summed E-state index contributed by atoms with van der Waals surface area (Å²) >= 11 is 0. The van der Waals surface area contributed by atoms with Gasteiger partial charge in [0.05, 0.1) is 0 Å². The summed E-state index contributed by atoms with van der Waals surface area (Å²) in [6, 6.07) is 0. The molecule has 0 unspecified atom stereocenters. The third-order valence-electron chi connectivity index (χ3n) is 1.83. The van der Waals surface area contributed by atoms with Crippen LogP contribution in [0, 0.1) is 6.42 Å². The highest BCUT2D eigenvalue weighted by atomic mass is 16.2. The molecule has 0 aliphatic heterocycles. The second kappa shape index (κ2) is 9.96. The van der Waals surface area contributed by atoms with Gasteiger partial charge >= 0.3 is 0 Å². The van der Waals surface area contributed by atoms with Crippen molar-refractivity contribution in [2.75, 3.05) is 6.61 Å². The predicted octanol–water partition coefficient (Wildman–Crippen LogP) is 2.93. The molecule has 0 spiro atoms. The van der Waals surface area contributed by atoms with Crippen LogP contribution in [0.25, 0.3) is 0 Å². The molecule has 1 heteroatoms. The first kappa shape index (κ1) is 11.0. The Morgan fingerprint density at radius 1 is 1.00 bits per heavy atom. The van der Waals surface area contributed by atoms with Gasteiger partial charge in [-0.05, 0) is 12.8 Å². The van der Waals surface area contributed by atoms with Gasteiger partial charge in [-0.2, -0.15) is 0 Å². The number of aliphatic hydroxyl groups excluding tert-OH is 1. The summed E-state index contributed by atoms with van der Waals surface area (Å²) in [7, 11) is 0. The van der Waals surface area contributed by atoms with Crippen molar-refractivity contribution in [2.24, 2.45) is 0 Å². The van der Waals surface area contributed by atoms with Crippen molar-refractivity contribution < 1.29 is 5.11 Å². The molecule has 0 aromatic heterocycles. The second-order valence-electron chi connectivity index (χ2n) is 3.00. The third-order valence-corrected chi connectivity index (χ3v) is 1.83. The maximum Gasteiger partial charge on any atom is 0.0431 e. The molecule has 0 fully saturated rings. The van der Waals surface area contributed by atoms with E-state index in [-0.39, 0.29) is 0 Å². The predicted molar refractivity (Wildman–Crippen MR) is 49.4 cm³/mol. The van der Waals surface area contributed by atoms with Crippen LogP contribution in [-0.2, 0) is 0 Å². The van der Waals surface area contributed by atoms with Gasteiger partial charge in [0.1, 0.15) is 0 Å². The first-order valence-corrected chi connectivity index (χ1v) is 4.84. The van der Waals surface area contributed by atoms with Crippen LogP contribution in [0.1, 0.15) is 51.9 Å². The molecule has 0 aromatic carbocycles. The van der Waals surface area contributed by atoms with Crippen molar-refractivity contribution in [3.63, 3.8) is 0 Å². The van der Waals surface area contributed by atoms with Gasteiger partial charge in [0.15, 0.2) is 0 Å². The molecule has 0 rings (SSSR count). The van der Waals surface area contributed by atoms with E-state index < -0.39 is 0 Å². The molecule has 67 valence electrons. The summed E-state index contributed by atoms with van der Waals surface area (Å²) in [5.74, 6) is 0. The lowest BCUT2D eigenvalue weighted by Crippen LogP contribution is -1.84. The minimum Gasteiger partial charge on any atom is -0.396 e. The van der Waals surface area contributed by atoms with Crippen molar-refractivity contribution in [1.29, 1.82) is 0 Å². The molecule has 0 aromatic rings. The maximum absolute atomic E-state index is 8.50. The molecule has 1 radical (unpaired) electrons. The highest BCUT2D eigenvalue weighted by Gasteiger charge is 1.89. The Hall–Kier alpha value is -0.0400. The van der Waals surface area contributed by atoms with Crippen LogP contribution in [0.15, 0.2) is 0 Å². The van der Waals surface area contributed by atoms with Crippen molar-refractivity contribution >= 4 is 0 Å². The lowest BCUT2D eigenvalue weighted by Gasteiger charge is -1.98. The normalized spacial score (nSPS) is 10.4. The van der Waals surface area contributed by atoms with E-state index in [1.54, 1.807) is 0 Å². The molecule has 0 aliphatic carbocycles. The molecule has 1 N–H and O–H groups in total. The van der Waals surface area contributed by atoms with Gasteiger partial charge in [0, 0.05) is 6.61 Å². The Balaban J connectivity index is 2.69. The zero-order chi connectivity index (χ0) is 8.36. The lowest BCUT2D eigenvalue weighted by molar-refractivity contribution is 0.283. The Kier molecular flexibility index (Phi) is 9.92. The number of aliphatic hydroxyl groups is 1. The largest absolute Gasteiger partial charge is 0.396 e. The van der Waals surface area contributed by atoms with Crippen LogP contribution in [0.5, 0.6) is 0 Å². The Labute approximate surface area is 70.8 Å². The summed E-state index contributed by atoms with van der Waals surface area (Å²) in [6.07, 6.45) is 10.9. The minimum absolute atomic E-state index is 0.356. The molecular weight excluding hydrogens is 136 g/mol. The molecule has 1 nitrogen and oxygen atoms in total. The molecule has 0 bridgehead atoms. The van der Waals surface area contributed by atoms with E-state index in [0.717, 1.165) is 6.42 Å². The molecule has 0 atom stereocenters. The first-order chi connectivity index (χ1) is 5.41. The smallest absolute Gasteiger partial charge is 0.0431 e. The van der Waals surface area contributed by atoms with E-state index in [4.69, 9.17) is 5.11 Å². The minimum atomic E-state index is 0.356. The molecule has 0 aliphatic rings. The summed E-state index contributed by atoms with van der Waals surface area (Å²) in [5, 5.41) is 8.50. The number of hydrogen-bond acceptors (Lipinski definition) is 1. The number of rotatable bonds is 8. The second-order valence-corrected chi connectivity index (χ2v) is 3.00. The molecule has 0 amide bonds. The van der Waals surface area contributed by atoms with Crippen LogP contribution in [0.2, 0.25) is 0 Å². The van der Waals surface area contributed by atoms with Crippen LogP contribution < -0.4 is 0 Å². The van der Waals surface area contributed by atoms with E-state index in [1.165, 1.54) is 38.5 Å². The van der Waals surface area contributed by atoms with Crippen molar-refractivity contribution in [2.45, 2.75) is 51.9 Å². The van der Waals surface area contributed by atoms with E-state index in [9.17, 15) is 0 Å². The highest BCUT2D eigenvalue weighted by Crippen LogP contribution is 2.06. The van der Waals surface area contributed by atoms with Gasteiger partial charge < -0.3 is 5.11 Å². The highest BCUT2D eigenvalue weighted by molar-refractivity contribution is 4.63. The third kappa shape index (κ3) is 9.96. The van der Waals surface area contributed by atoms with E-state index in [2.05, 4.69) is 13.3 Å². The van der Waals surface area contributed by atoms with Gasteiger partial charge in [-0.1, -0.05) is 45.4 Å². The number of hydrogen-bond donors (Lipinski definition) is 1. The average molecular weight is 157 g/mol. The zero-order valence-electron chi connectivity index (χ0n) is 7.68. The Bertz CT molecular complexity index is 53.9. The maximum atomic E-state index is 8.50. The van der Waals surface area contributed by atoms with Crippen LogP contribution in [0.4, 0.5) is 0 Å². The summed E-state index contributed by atoms with van der Waals surface area (Å²) < 4.78 is 0. The fourth-order valence-corrected chi connectivity index (χ4v) is 1.07. The quantitative estimate of drug-likeness (QED) is 0.537. The van der Waals surface area contributed by atoms with Gasteiger partial charge in [-0.15, -0.1) is 0 Å². The van der Waals surface area contributed by atoms with Crippen LogP contribution in [-0.4, -0.2) is 11.7 Å². The van der Waals surface area contributed by atoms with Gasteiger partial charge in [0.25, 0.3) is 0 Å².